The molecule has 0 aliphatic heterocycles. The van der Waals surface area contributed by atoms with E-state index in [1.807, 2.05) is 22.9 Å². The van der Waals surface area contributed by atoms with Gasteiger partial charge in [0.15, 0.2) is 0 Å². The van der Waals surface area contributed by atoms with Gasteiger partial charge in [0, 0.05) is 17.6 Å². The molecule has 0 saturated carbocycles. The molecule has 0 atom stereocenters. The monoisotopic (exact) mass is 439 g/mol. The average molecular weight is 440 g/mol. The number of hydrogen-bond donors (Lipinski definition) is 3. The van der Waals surface area contributed by atoms with Crippen molar-refractivity contribution < 1.29 is 9.59 Å². The van der Waals surface area contributed by atoms with Gasteiger partial charge in [-0.1, -0.05) is 29.3 Å². The van der Waals surface area contributed by atoms with Crippen molar-refractivity contribution in [2.24, 2.45) is 5.73 Å². The van der Waals surface area contributed by atoms with Crippen LogP contribution in [-0.4, -0.2) is 21.5 Å². The number of benzene rings is 2. The van der Waals surface area contributed by atoms with Gasteiger partial charge >= 0.3 is 6.03 Å². The van der Waals surface area contributed by atoms with E-state index in [0.717, 1.165) is 11.2 Å². The molecule has 0 fully saturated rings. The Bertz CT molecular complexity index is 1270. The SMILES string of the molecule is NC(=O)c1ccc2c(ccn2-c2ccc(NC(=O)Nc3cccc(Cl)c3Cl)cc2)n1. The van der Waals surface area contributed by atoms with Gasteiger partial charge in [-0.3, -0.25) is 4.79 Å². The molecule has 0 spiro atoms. The van der Waals surface area contributed by atoms with Crippen LogP contribution in [0.15, 0.2) is 66.9 Å². The van der Waals surface area contributed by atoms with Gasteiger partial charge in [-0.15, -0.1) is 0 Å². The lowest BCUT2D eigenvalue weighted by atomic mass is 10.2. The molecule has 0 aliphatic rings. The van der Waals surface area contributed by atoms with E-state index >= 15 is 0 Å². The number of nitrogens with one attached hydrogen (secondary N) is 2. The summed E-state index contributed by atoms with van der Waals surface area (Å²) < 4.78 is 1.92. The quantitative estimate of drug-likeness (QED) is 0.413. The highest BCUT2D eigenvalue weighted by Gasteiger charge is 2.10. The molecule has 4 N–H and O–H groups in total. The zero-order valence-electron chi connectivity index (χ0n) is 15.4. The number of amides is 3. The van der Waals surface area contributed by atoms with Gasteiger partial charge in [-0.25, -0.2) is 9.78 Å². The summed E-state index contributed by atoms with van der Waals surface area (Å²) in [5.74, 6) is -0.572. The van der Waals surface area contributed by atoms with E-state index in [2.05, 4.69) is 15.6 Å². The van der Waals surface area contributed by atoms with Crippen LogP contribution in [0.4, 0.5) is 16.2 Å². The molecule has 2 aromatic heterocycles. The number of primary amides is 1. The number of urea groups is 1. The molecule has 0 aliphatic carbocycles. The van der Waals surface area contributed by atoms with E-state index in [4.69, 9.17) is 28.9 Å². The van der Waals surface area contributed by atoms with E-state index in [0.29, 0.717) is 21.9 Å². The molecule has 7 nitrogen and oxygen atoms in total. The number of fused-ring (bicyclic) bond motifs is 1. The zero-order chi connectivity index (χ0) is 21.3. The number of carbonyl (C=O) groups is 2. The maximum Gasteiger partial charge on any atom is 0.323 e. The Hall–Kier alpha value is -3.55. The van der Waals surface area contributed by atoms with Crippen LogP contribution in [0.3, 0.4) is 0 Å². The van der Waals surface area contributed by atoms with Crippen molar-refractivity contribution in [1.29, 1.82) is 0 Å². The highest BCUT2D eigenvalue weighted by molar-refractivity contribution is 6.44. The molecule has 3 amide bonds. The van der Waals surface area contributed by atoms with Crippen LogP contribution in [0, 0.1) is 0 Å². The van der Waals surface area contributed by atoms with Gasteiger partial charge in [-0.05, 0) is 54.6 Å². The zero-order valence-corrected chi connectivity index (χ0v) is 16.9. The standard InChI is InChI=1S/C21H15Cl2N5O2/c22-14-2-1-3-16(19(14)23)27-21(30)25-12-4-6-13(7-5-12)28-11-10-15-18(28)9-8-17(26-15)20(24)29/h1-11H,(H2,24,29)(H2,25,27,30). The summed E-state index contributed by atoms with van der Waals surface area (Å²) in [4.78, 5) is 27.8. The summed E-state index contributed by atoms with van der Waals surface area (Å²) in [6.07, 6.45) is 1.85. The first-order chi connectivity index (χ1) is 14.4. The van der Waals surface area contributed by atoms with Gasteiger partial charge in [0.05, 0.1) is 26.8 Å². The smallest absolute Gasteiger partial charge is 0.323 e. The molecule has 30 heavy (non-hydrogen) atoms. The third-order valence-electron chi connectivity index (χ3n) is 4.40. The lowest BCUT2D eigenvalue weighted by Gasteiger charge is -2.11. The van der Waals surface area contributed by atoms with E-state index in [1.165, 1.54) is 0 Å². The normalized spacial score (nSPS) is 10.7. The number of aromatic nitrogens is 2. The summed E-state index contributed by atoms with van der Waals surface area (Å²) in [6.45, 7) is 0. The Balaban J connectivity index is 1.50. The third-order valence-corrected chi connectivity index (χ3v) is 5.22. The van der Waals surface area contributed by atoms with Crippen molar-refractivity contribution in [1.82, 2.24) is 9.55 Å². The molecule has 4 aromatic rings. The van der Waals surface area contributed by atoms with E-state index in [1.54, 1.807) is 48.5 Å². The predicted octanol–water partition coefficient (Wildman–Crippen LogP) is 5.08. The van der Waals surface area contributed by atoms with Crippen LogP contribution >= 0.6 is 23.2 Å². The molecule has 4 rings (SSSR count). The van der Waals surface area contributed by atoms with Crippen LogP contribution in [0.25, 0.3) is 16.7 Å². The summed E-state index contributed by atoms with van der Waals surface area (Å²) in [7, 11) is 0. The number of hydrogen-bond acceptors (Lipinski definition) is 3. The Kier molecular flexibility index (Phi) is 5.31. The number of halogens is 2. The number of nitrogens with zero attached hydrogens (tertiary/aromatic N) is 2. The maximum atomic E-state index is 12.2. The minimum Gasteiger partial charge on any atom is -0.364 e. The van der Waals surface area contributed by atoms with Gasteiger partial charge in [0.1, 0.15) is 5.69 Å². The van der Waals surface area contributed by atoms with Crippen molar-refractivity contribution in [2.75, 3.05) is 10.6 Å². The molecular formula is C21H15Cl2N5O2. The topological polar surface area (TPSA) is 102 Å². The van der Waals surface area contributed by atoms with Crippen molar-refractivity contribution in [3.05, 3.63) is 82.6 Å². The van der Waals surface area contributed by atoms with E-state index in [-0.39, 0.29) is 10.7 Å². The molecule has 0 saturated heterocycles. The first-order valence-electron chi connectivity index (χ1n) is 8.83. The fourth-order valence-electron chi connectivity index (χ4n) is 2.97. The Morgan fingerprint density at radius 3 is 2.43 bits per heavy atom. The number of carbonyl (C=O) groups excluding carboxylic acids is 2. The second-order valence-electron chi connectivity index (χ2n) is 6.38. The van der Waals surface area contributed by atoms with Crippen molar-refractivity contribution in [2.45, 2.75) is 0 Å². The van der Waals surface area contributed by atoms with Crippen LogP contribution < -0.4 is 16.4 Å². The summed E-state index contributed by atoms with van der Waals surface area (Å²) in [6, 6.07) is 17.0. The Morgan fingerprint density at radius 2 is 1.70 bits per heavy atom. The van der Waals surface area contributed by atoms with Gasteiger partial charge < -0.3 is 20.9 Å². The summed E-state index contributed by atoms with van der Waals surface area (Å²) in [5, 5.41) is 6.04. The van der Waals surface area contributed by atoms with Crippen LogP contribution in [0.5, 0.6) is 0 Å². The predicted molar refractivity (Wildman–Crippen MR) is 119 cm³/mol. The minimum absolute atomic E-state index is 0.214. The molecule has 2 aromatic carbocycles. The highest BCUT2D eigenvalue weighted by Crippen LogP contribution is 2.29. The Labute approximate surface area is 181 Å². The van der Waals surface area contributed by atoms with Crippen LogP contribution in [0.2, 0.25) is 10.0 Å². The number of nitrogens with two attached hydrogens (primary N) is 1. The van der Waals surface area contributed by atoms with Gasteiger partial charge in [0.2, 0.25) is 0 Å². The molecule has 9 heteroatoms. The van der Waals surface area contributed by atoms with Crippen molar-refractivity contribution >= 4 is 57.5 Å². The lowest BCUT2D eigenvalue weighted by molar-refractivity contribution is 0.0996. The Morgan fingerprint density at radius 1 is 0.933 bits per heavy atom. The average Bonchev–Trinajstić information content (AvgIpc) is 3.15. The first-order valence-corrected chi connectivity index (χ1v) is 9.58. The molecular weight excluding hydrogens is 425 g/mol. The van der Waals surface area contributed by atoms with Crippen molar-refractivity contribution in [3.63, 3.8) is 0 Å². The number of pyridine rings is 1. The second-order valence-corrected chi connectivity index (χ2v) is 7.16. The number of rotatable bonds is 4. The largest absolute Gasteiger partial charge is 0.364 e. The fourth-order valence-corrected chi connectivity index (χ4v) is 3.32. The van der Waals surface area contributed by atoms with E-state index in [9.17, 15) is 9.59 Å². The highest BCUT2D eigenvalue weighted by atomic mass is 35.5. The molecule has 2 heterocycles. The molecule has 0 bridgehead atoms. The van der Waals surface area contributed by atoms with Gasteiger partial charge in [-0.2, -0.15) is 0 Å². The van der Waals surface area contributed by atoms with Crippen LogP contribution in [-0.2, 0) is 0 Å². The molecule has 0 unspecified atom stereocenters. The third kappa shape index (κ3) is 3.94. The first kappa shape index (κ1) is 19.8. The lowest BCUT2D eigenvalue weighted by Crippen LogP contribution is -2.19. The van der Waals surface area contributed by atoms with E-state index < -0.39 is 11.9 Å². The molecule has 150 valence electrons. The minimum atomic E-state index is -0.572. The van der Waals surface area contributed by atoms with Crippen molar-refractivity contribution in [3.8, 4) is 5.69 Å². The summed E-state index contributed by atoms with van der Waals surface area (Å²) >= 11 is 12.0. The maximum absolute atomic E-state index is 12.2. The fraction of sp³-hybridized carbons (Fsp3) is 0. The van der Waals surface area contributed by atoms with Crippen LogP contribution in [0.1, 0.15) is 10.5 Å². The van der Waals surface area contributed by atoms with Gasteiger partial charge in [0.25, 0.3) is 5.91 Å². The number of anilines is 2. The molecule has 0 radical (unpaired) electrons. The second kappa shape index (κ2) is 8.06. The summed E-state index contributed by atoms with van der Waals surface area (Å²) in [5.41, 5.74) is 8.86.